The third kappa shape index (κ3) is 8.27. The maximum atomic E-state index is 5.18. The molecule has 0 amide bonds. The first-order valence-electron chi connectivity index (χ1n) is 9.01. The summed E-state index contributed by atoms with van der Waals surface area (Å²) in [7, 11) is 3.52. The molecule has 25 heavy (non-hydrogen) atoms. The number of hydrogen-bond acceptors (Lipinski definition) is 3. The third-order valence-corrected chi connectivity index (χ3v) is 4.69. The van der Waals surface area contributed by atoms with Crippen LogP contribution < -0.4 is 15.4 Å². The number of halogens is 1. The Bertz CT molecular complexity index is 499. The second-order valence-corrected chi connectivity index (χ2v) is 6.55. The minimum atomic E-state index is 0. The van der Waals surface area contributed by atoms with E-state index in [1.165, 1.54) is 31.5 Å². The molecule has 0 unspecified atom stereocenters. The first-order valence-corrected chi connectivity index (χ1v) is 9.01. The van der Waals surface area contributed by atoms with E-state index in [2.05, 4.69) is 39.6 Å². The predicted octanol–water partition coefficient (Wildman–Crippen LogP) is 2.75. The second-order valence-electron chi connectivity index (χ2n) is 6.55. The molecular formula is C19H33IN4O. The van der Waals surface area contributed by atoms with Crippen LogP contribution in [0.3, 0.4) is 0 Å². The molecule has 1 heterocycles. The Morgan fingerprint density at radius 2 is 1.80 bits per heavy atom. The van der Waals surface area contributed by atoms with Crippen LogP contribution in [0, 0.1) is 5.92 Å². The Morgan fingerprint density at radius 3 is 2.40 bits per heavy atom. The van der Waals surface area contributed by atoms with E-state index >= 15 is 0 Å². The molecule has 2 N–H and O–H groups in total. The third-order valence-electron chi connectivity index (χ3n) is 4.69. The zero-order valence-electron chi connectivity index (χ0n) is 15.8. The number of benzene rings is 1. The fourth-order valence-electron chi connectivity index (χ4n) is 2.96. The fraction of sp³-hybridized carbons (Fsp3) is 0.632. The van der Waals surface area contributed by atoms with E-state index in [-0.39, 0.29) is 24.0 Å². The summed E-state index contributed by atoms with van der Waals surface area (Å²) in [5.41, 5.74) is 1.29. The number of ether oxygens (including phenoxy) is 1. The average Bonchev–Trinajstić information content (AvgIpc) is 2.62. The van der Waals surface area contributed by atoms with Crippen LogP contribution in [0.5, 0.6) is 5.75 Å². The molecule has 2 rings (SSSR count). The number of hydrogen-bond donors (Lipinski definition) is 2. The molecule has 1 aromatic rings. The van der Waals surface area contributed by atoms with Gasteiger partial charge >= 0.3 is 0 Å². The largest absolute Gasteiger partial charge is 0.497 e. The fourth-order valence-corrected chi connectivity index (χ4v) is 2.96. The van der Waals surface area contributed by atoms with Crippen molar-refractivity contribution in [1.29, 1.82) is 0 Å². The molecule has 1 saturated heterocycles. The van der Waals surface area contributed by atoms with Gasteiger partial charge in [-0.25, -0.2) is 0 Å². The zero-order valence-corrected chi connectivity index (χ0v) is 18.1. The van der Waals surface area contributed by atoms with Gasteiger partial charge < -0.3 is 20.3 Å². The van der Waals surface area contributed by atoms with E-state index in [1.54, 1.807) is 7.11 Å². The van der Waals surface area contributed by atoms with Gasteiger partial charge in [-0.15, -0.1) is 24.0 Å². The van der Waals surface area contributed by atoms with E-state index < -0.39 is 0 Å². The summed E-state index contributed by atoms with van der Waals surface area (Å²) in [6.45, 7) is 7.71. The average molecular weight is 460 g/mol. The van der Waals surface area contributed by atoms with Crippen molar-refractivity contribution in [2.75, 3.05) is 46.9 Å². The number of aliphatic imine (C=N–C) groups is 1. The van der Waals surface area contributed by atoms with Crippen LogP contribution in [-0.2, 0) is 6.42 Å². The van der Waals surface area contributed by atoms with Gasteiger partial charge in [-0.3, -0.25) is 4.99 Å². The van der Waals surface area contributed by atoms with Gasteiger partial charge in [0.25, 0.3) is 0 Å². The molecule has 0 aliphatic carbocycles. The molecule has 5 nitrogen and oxygen atoms in total. The molecule has 1 aliphatic heterocycles. The van der Waals surface area contributed by atoms with Crippen molar-refractivity contribution >= 4 is 29.9 Å². The molecule has 142 valence electrons. The van der Waals surface area contributed by atoms with Crippen molar-refractivity contribution in [2.45, 2.75) is 26.2 Å². The van der Waals surface area contributed by atoms with Crippen molar-refractivity contribution in [3.05, 3.63) is 29.8 Å². The van der Waals surface area contributed by atoms with Crippen LogP contribution in [0.4, 0.5) is 0 Å². The summed E-state index contributed by atoms with van der Waals surface area (Å²) in [4.78, 5) is 6.84. The minimum absolute atomic E-state index is 0. The number of rotatable bonds is 7. The smallest absolute Gasteiger partial charge is 0.191 e. The molecular weight excluding hydrogens is 427 g/mol. The van der Waals surface area contributed by atoms with Gasteiger partial charge in [0, 0.05) is 26.7 Å². The monoisotopic (exact) mass is 460 g/mol. The lowest BCUT2D eigenvalue weighted by atomic mass is 9.99. The highest BCUT2D eigenvalue weighted by molar-refractivity contribution is 14.0. The van der Waals surface area contributed by atoms with Crippen molar-refractivity contribution in [3.8, 4) is 5.75 Å². The lowest BCUT2D eigenvalue weighted by Gasteiger charge is -2.30. The minimum Gasteiger partial charge on any atom is -0.497 e. The lowest BCUT2D eigenvalue weighted by Crippen LogP contribution is -2.43. The van der Waals surface area contributed by atoms with E-state index in [9.17, 15) is 0 Å². The van der Waals surface area contributed by atoms with Crippen LogP contribution >= 0.6 is 24.0 Å². The van der Waals surface area contributed by atoms with E-state index in [0.29, 0.717) is 0 Å². The van der Waals surface area contributed by atoms with Crippen molar-refractivity contribution in [1.82, 2.24) is 15.5 Å². The van der Waals surface area contributed by atoms with Gasteiger partial charge in [-0.05, 0) is 56.0 Å². The van der Waals surface area contributed by atoms with Gasteiger partial charge in [0.1, 0.15) is 5.75 Å². The maximum Gasteiger partial charge on any atom is 0.191 e. The summed E-state index contributed by atoms with van der Waals surface area (Å²) < 4.78 is 5.18. The Hall–Kier alpha value is -1.02. The number of nitrogens with zero attached hydrogens (tertiary/aromatic N) is 2. The van der Waals surface area contributed by atoms with Gasteiger partial charge in [0.05, 0.1) is 7.11 Å². The molecule has 0 bridgehead atoms. The summed E-state index contributed by atoms with van der Waals surface area (Å²) >= 11 is 0. The quantitative estimate of drug-likeness (QED) is 0.373. The Morgan fingerprint density at radius 1 is 1.16 bits per heavy atom. The Labute approximate surface area is 169 Å². The maximum absolute atomic E-state index is 5.18. The van der Waals surface area contributed by atoms with Crippen LogP contribution in [0.15, 0.2) is 29.3 Å². The molecule has 6 heteroatoms. The highest BCUT2D eigenvalue weighted by Crippen LogP contribution is 2.15. The van der Waals surface area contributed by atoms with E-state index in [0.717, 1.165) is 43.7 Å². The molecule has 0 radical (unpaired) electrons. The molecule has 1 fully saturated rings. The first-order chi connectivity index (χ1) is 11.7. The molecule has 1 aromatic carbocycles. The van der Waals surface area contributed by atoms with Crippen LogP contribution in [-0.4, -0.2) is 57.7 Å². The van der Waals surface area contributed by atoms with E-state index in [1.807, 2.05) is 19.2 Å². The molecule has 0 saturated carbocycles. The van der Waals surface area contributed by atoms with Crippen molar-refractivity contribution in [3.63, 3.8) is 0 Å². The standard InChI is InChI=1S/C19H32N4O.HI/c1-16-9-13-23(14-10-16)15-12-22-19(20-2)21-11-8-17-4-6-18(24-3)7-5-17;/h4-7,16H,8-15H2,1-3H3,(H2,20,21,22);1H. The summed E-state index contributed by atoms with van der Waals surface area (Å²) in [5, 5.41) is 6.79. The molecule has 0 atom stereocenters. The van der Waals surface area contributed by atoms with Crippen molar-refractivity contribution < 1.29 is 4.74 Å². The van der Waals surface area contributed by atoms with Crippen molar-refractivity contribution in [2.24, 2.45) is 10.9 Å². The van der Waals surface area contributed by atoms with E-state index in [4.69, 9.17) is 4.74 Å². The SMILES string of the molecule is CN=C(NCCc1ccc(OC)cc1)NCCN1CCC(C)CC1.I. The molecule has 1 aliphatic rings. The molecule has 0 aromatic heterocycles. The summed E-state index contributed by atoms with van der Waals surface area (Å²) in [6, 6.07) is 8.21. The van der Waals surface area contributed by atoms with Gasteiger partial charge in [0.15, 0.2) is 5.96 Å². The van der Waals surface area contributed by atoms with Gasteiger partial charge in [0.2, 0.25) is 0 Å². The normalized spacial score (nSPS) is 16.2. The number of methoxy groups -OCH3 is 1. The lowest BCUT2D eigenvalue weighted by molar-refractivity contribution is 0.195. The number of guanidine groups is 1. The Balaban J connectivity index is 0.00000312. The van der Waals surface area contributed by atoms with Crippen LogP contribution in [0.2, 0.25) is 0 Å². The zero-order chi connectivity index (χ0) is 17.2. The summed E-state index contributed by atoms with van der Waals surface area (Å²) in [6.07, 6.45) is 3.62. The van der Waals surface area contributed by atoms with Gasteiger partial charge in [-0.1, -0.05) is 19.1 Å². The molecule has 0 spiro atoms. The number of nitrogens with one attached hydrogen (secondary N) is 2. The van der Waals surface area contributed by atoms with Crippen LogP contribution in [0.1, 0.15) is 25.3 Å². The predicted molar refractivity (Wildman–Crippen MR) is 116 cm³/mol. The Kier molecular flexibility index (Phi) is 10.9. The number of likely N-dealkylation sites (tertiary alicyclic amines) is 1. The number of piperidine rings is 1. The van der Waals surface area contributed by atoms with Gasteiger partial charge in [-0.2, -0.15) is 0 Å². The van der Waals surface area contributed by atoms with Crippen LogP contribution in [0.25, 0.3) is 0 Å². The summed E-state index contributed by atoms with van der Waals surface area (Å²) in [5.74, 6) is 2.67. The second kappa shape index (κ2) is 12.4. The highest BCUT2D eigenvalue weighted by atomic mass is 127. The topological polar surface area (TPSA) is 48.9 Å². The first kappa shape index (κ1) is 22.0. The highest BCUT2D eigenvalue weighted by Gasteiger charge is 2.14.